The Morgan fingerprint density at radius 3 is 2.68 bits per heavy atom. The molecule has 0 saturated heterocycles. The zero-order chi connectivity index (χ0) is 14.3. The Bertz CT molecular complexity index is 424. The number of hydrogen-bond acceptors (Lipinski definition) is 3. The number of carbonyl (C=O) groups excluding carboxylic acids is 1. The smallest absolute Gasteiger partial charge is 0.246 e. The molecular formula is C13H17Cl2NO3. The fourth-order valence-electron chi connectivity index (χ4n) is 1.17. The van der Waals surface area contributed by atoms with Gasteiger partial charge in [-0.25, -0.2) is 5.48 Å². The van der Waals surface area contributed by atoms with Crippen LogP contribution in [0.5, 0.6) is 5.75 Å². The molecule has 19 heavy (non-hydrogen) atoms. The second-order valence-corrected chi connectivity index (χ2v) is 5.22. The predicted molar refractivity (Wildman–Crippen MR) is 75.5 cm³/mol. The van der Waals surface area contributed by atoms with Gasteiger partial charge in [-0.2, -0.15) is 0 Å². The number of amides is 1. The van der Waals surface area contributed by atoms with E-state index in [1.54, 1.807) is 18.2 Å². The first-order valence-electron chi connectivity index (χ1n) is 5.97. The fourth-order valence-corrected chi connectivity index (χ4v) is 1.46. The van der Waals surface area contributed by atoms with Gasteiger partial charge < -0.3 is 4.74 Å². The molecule has 0 unspecified atom stereocenters. The van der Waals surface area contributed by atoms with Crippen LogP contribution in [-0.4, -0.2) is 19.1 Å². The van der Waals surface area contributed by atoms with Gasteiger partial charge in [0.05, 0.1) is 29.7 Å². The Labute approximate surface area is 122 Å². The molecule has 1 aromatic rings. The van der Waals surface area contributed by atoms with Crippen molar-refractivity contribution in [1.29, 1.82) is 0 Å². The molecule has 1 N–H and O–H groups in total. The molecule has 0 saturated carbocycles. The molecule has 4 nitrogen and oxygen atoms in total. The van der Waals surface area contributed by atoms with Crippen LogP contribution in [0.2, 0.25) is 10.0 Å². The lowest BCUT2D eigenvalue weighted by atomic mass is 10.2. The summed E-state index contributed by atoms with van der Waals surface area (Å²) in [6.45, 7) is 4.73. The summed E-state index contributed by atoms with van der Waals surface area (Å²) in [4.78, 5) is 16.4. The predicted octanol–water partition coefficient (Wildman–Crippen LogP) is 3.47. The number of rotatable bonds is 7. The average molecular weight is 306 g/mol. The molecule has 0 fully saturated rings. The van der Waals surface area contributed by atoms with Crippen LogP contribution in [0.3, 0.4) is 0 Å². The minimum Gasteiger partial charge on any atom is -0.493 e. The van der Waals surface area contributed by atoms with Gasteiger partial charge in [-0.1, -0.05) is 37.0 Å². The van der Waals surface area contributed by atoms with Gasteiger partial charge >= 0.3 is 0 Å². The Balaban J connectivity index is 2.22. The van der Waals surface area contributed by atoms with E-state index >= 15 is 0 Å². The summed E-state index contributed by atoms with van der Waals surface area (Å²) in [6, 6.07) is 4.95. The number of benzene rings is 1. The summed E-state index contributed by atoms with van der Waals surface area (Å²) in [6.07, 6.45) is 0.207. The number of nitrogens with one attached hydrogen (secondary N) is 1. The lowest BCUT2D eigenvalue weighted by Crippen LogP contribution is -2.26. The topological polar surface area (TPSA) is 47.6 Å². The molecule has 0 atom stereocenters. The fraction of sp³-hybridized carbons (Fsp3) is 0.462. The van der Waals surface area contributed by atoms with Gasteiger partial charge in [0.25, 0.3) is 0 Å². The van der Waals surface area contributed by atoms with E-state index in [9.17, 15) is 4.79 Å². The summed E-state index contributed by atoms with van der Waals surface area (Å²) in [7, 11) is 0. The van der Waals surface area contributed by atoms with Crippen LogP contribution in [0.15, 0.2) is 18.2 Å². The van der Waals surface area contributed by atoms with Crippen molar-refractivity contribution >= 4 is 29.1 Å². The molecule has 0 aromatic heterocycles. The van der Waals surface area contributed by atoms with Gasteiger partial charge in [-0.15, -0.1) is 0 Å². The second kappa shape index (κ2) is 8.25. The number of hydrogen-bond donors (Lipinski definition) is 1. The van der Waals surface area contributed by atoms with Crippen molar-refractivity contribution in [2.45, 2.75) is 20.3 Å². The summed E-state index contributed by atoms with van der Waals surface area (Å²) >= 11 is 11.6. The third kappa shape index (κ3) is 6.66. The van der Waals surface area contributed by atoms with E-state index in [0.29, 0.717) is 28.3 Å². The number of halogens is 2. The lowest BCUT2D eigenvalue weighted by molar-refractivity contribution is -0.134. The van der Waals surface area contributed by atoms with E-state index in [1.807, 2.05) is 13.8 Å². The highest BCUT2D eigenvalue weighted by molar-refractivity contribution is 6.42. The van der Waals surface area contributed by atoms with E-state index in [-0.39, 0.29) is 18.9 Å². The molecule has 0 spiro atoms. The third-order valence-electron chi connectivity index (χ3n) is 2.09. The molecule has 1 rings (SSSR count). The van der Waals surface area contributed by atoms with Crippen molar-refractivity contribution in [3.05, 3.63) is 28.2 Å². The first kappa shape index (κ1) is 16.1. The van der Waals surface area contributed by atoms with Crippen molar-refractivity contribution in [2.75, 3.05) is 13.2 Å². The number of ether oxygens (including phenoxy) is 1. The molecule has 1 amide bonds. The summed E-state index contributed by atoms with van der Waals surface area (Å²) < 4.78 is 5.38. The molecule has 6 heteroatoms. The highest BCUT2D eigenvalue weighted by Crippen LogP contribution is 2.26. The summed E-state index contributed by atoms with van der Waals surface area (Å²) in [5.41, 5.74) is 2.35. The normalized spacial score (nSPS) is 10.6. The molecule has 0 heterocycles. The minimum absolute atomic E-state index is 0.207. The van der Waals surface area contributed by atoms with Crippen molar-refractivity contribution < 1.29 is 14.4 Å². The largest absolute Gasteiger partial charge is 0.493 e. The van der Waals surface area contributed by atoms with Gasteiger partial charge in [0.15, 0.2) is 0 Å². The Morgan fingerprint density at radius 1 is 1.32 bits per heavy atom. The zero-order valence-electron chi connectivity index (χ0n) is 10.9. The molecular weight excluding hydrogens is 289 g/mol. The van der Waals surface area contributed by atoms with E-state index < -0.39 is 0 Å². The molecule has 0 aliphatic carbocycles. The van der Waals surface area contributed by atoms with Gasteiger partial charge in [0, 0.05) is 6.07 Å². The van der Waals surface area contributed by atoms with Crippen LogP contribution in [0.25, 0.3) is 0 Å². The first-order chi connectivity index (χ1) is 8.99. The molecule has 106 valence electrons. The van der Waals surface area contributed by atoms with Crippen molar-refractivity contribution in [3.63, 3.8) is 0 Å². The van der Waals surface area contributed by atoms with Crippen LogP contribution in [0, 0.1) is 5.92 Å². The maximum Gasteiger partial charge on any atom is 0.246 e. The quantitative estimate of drug-likeness (QED) is 0.785. The van der Waals surface area contributed by atoms with Crippen LogP contribution in [0.4, 0.5) is 0 Å². The van der Waals surface area contributed by atoms with Crippen LogP contribution < -0.4 is 10.2 Å². The monoisotopic (exact) mass is 305 g/mol. The van der Waals surface area contributed by atoms with Crippen LogP contribution >= 0.6 is 23.2 Å². The molecule has 1 aromatic carbocycles. The maximum atomic E-state index is 11.4. The average Bonchev–Trinajstić information content (AvgIpc) is 2.33. The van der Waals surface area contributed by atoms with Gasteiger partial charge in [0.1, 0.15) is 5.75 Å². The number of hydroxylamine groups is 1. The highest BCUT2D eigenvalue weighted by atomic mass is 35.5. The Morgan fingerprint density at radius 2 is 2.05 bits per heavy atom. The zero-order valence-corrected chi connectivity index (χ0v) is 12.4. The van der Waals surface area contributed by atoms with Crippen LogP contribution in [-0.2, 0) is 9.63 Å². The van der Waals surface area contributed by atoms with E-state index in [4.69, 9.17) is 32.8 Å². The van der Waals surface area contributed by atoms with Crippen molar-refractivity contribution in [1.82, 2.24) is 5.48 Å². The van der Waals surface area contributed by atoms with Crippen LogP contribution in [0.1, 0.15) is 20.3 Å². The highest BCUT2D eigenvalue weighted by Gasteiger charge is 2.04. The van der Waals surface area contributed by atoms with Crippen molar-refractivity contribution in [2.24, 2.45) is 5.92 Å². The SMILES string of the molecule is CC(C)CONC(=O)CCOc1ccc(Cl)c(Cl)c1. The van der Waals surface area contributed by atoms with E-state index in [2.05, 4.69) is 5.48 Å². The molecule has 0 radical (unpaired) electrons. The number of carbonyl (C=O) groups is 1. The second-order valence-electron chi connectivity index (χ2n) is 4.40. The molecule has 0 bridgehead atoms. The maximum absolute atomic E-state index is 11.4. The van der Waals surface area contributed by atoms with E-state index in [0.717, 1.165) is 0 Å². The standard InChI is InChI=1S/C13H17Cl2NO3/c1-9(2)8-19-16-13(17)5-6-18-10-3-4-11(14)12(15)7-10/h3-4,7,9H,5-6,8H2,1-2H3,(H,16,17). The Kier molecular flexibility index (Phi) is 6.99. The van der Waals surface area contributed by atoms with Gasteiger partial charge in [0.2, 0.25) is 5.91 Å². The molecule has 0 aliphatic heterocycles. The minimum atomic E-state index is -0.222. The van der Waals surface area contributed by atoms with Crippen molar-refractivity contribution in [3.8, 4) is 5.75 Å². The third-order valence-corrected chi connectivity index (χ3v) is 2.83. The Hall–Kier alpha value is -0.970. The van der Waals surface area contributed by atoms with Gasteiger partial charge in [-0.05, 0) is 18.1 Å². The van der Waals surface area contributed by atoms with Gasteiger partial charge in [-0.3, -0.25) is 9.63 Å². The lowest BCUT2D eigenvalue weighted by Gasteiger charge is -2.09. The first-order valence-corrected chi connectivity index (χ1v) is 6.73. The van der Waals surface area contributed by atoms with E-state index in [1.165, 1.54) is 0 Å². The summed E-state index contributed by atoms with van der Waals surface area (Å²) in [5.74, 6) is 0.721. The summed E-state index contributed by atoms with van der Waals surface area (Å²) in [5, 5.41) is 0.887. The molecule has 0 aliphatic rings.